The van der Waals surface area contributed by atoms with Crippen LogP contribution in [-0.2, 0) is 13.2 Å². The van der Waals surface area contributed by atoms with E-state index in [0.29, 0.717) is 24.0 Å². The number of nitrogens with two attached hydrogens (primary N) is 1. The summed E-state index contributed by atoms with van der Waals surface area (Å²) in [5, 5.41) is 3.86. The first-order valence-corrected chi connectivity index (χ1v) is 6.22. The molecule has 19 heavy (non-hydrogen) atoms. The second kappa shape index (κ2) is 5.79. The van der Waals surface area contributed by atoms with E-state index in [1.54, 1.807) is 0 Å². The molecule has 0 spiro atoms. The summed E-state index contributed by atoms with van der Waals surface area (Å²) in [4.78, 5) is 8.57. The summed E-state index contributed by atoms with van der Waals surface area (Å²) in [5.74, 6) is 2.00. The van der Waals surface area contributed by atoms with Gasteiger partial charge >= 0.3 is 0 Å². The van der Waals surface area contributed by atoms with Crippen molar-refractivity contribution in [2.75, 3.05) is 0 Å². The molecule has 0 unspecified atom stereocenters. The number of aromatic nitrogens is 3. The Morgan fingerprint density at radius 3 is 2.74 bits per heavy atom. The topological polar surface area (TPSA) is 87.1 Å². The van der Waals surface area contributed by atoms with E-state index in [1.807, 2.05) is 32.9 Å². The van der Waals surface area contributed by atoms with Crippen molar-refractivity contribution in [3.8, 4) is 5.75 Å². The Bertz CT molecular complexity index is 551. The van der Waals surface area contributed by atoms with Gasteiger partial charge in [0, 0.05) is 18.2 Å². The first-order valence-electron chi connectivity index (χ1n) is 6.22. The molecule has 0 aliphatic carbocycles. The molecule has 0 aliphatic rings. The molecule has 2 aromatic rings. The second-order valence-corrected chi connectivity index (χ2v) is 4.59. The monoisotopic (exact) mass is 262 g/mol. The van der Waals surface area contributed by atoms with Crippen LogP contribution in [0, 0.1) is 6.92 Å². The van der Waals surface area contributed by atoms with Crippen molar-refractivity contribution in [3.63, 3.8) is 0 Å². The fourth-order valence-corrected chi connectivity index (χ4v) is 1.58. The molecule has 6 nitrogen and oxygen atoms in total. The van der Waals surface area contributed by atoms with Crippen molar-refractivity contribution >= 4 is 0 Å². The van der Waals surface area contributed by atoms with Crippen LogP contribution in [0.1, 0.15) is 42.9 Å². The third-order valence-corrected chi connectivity index (χ3v) is 2.60. The van der Waals surface area contributed by atoms with Crippen LogP contribution >= 0.6 is 0 Å². The Hall–Kier alpha value is -1.95. The number of aryl methyl sites for hydroxylation is 1. The Labute approximate surface area is 112 Å². The zero-order chi connectivity index (χ0) is 13.8. The van der Waals surface area contributed by atoms with Crippen LogP contribution < -0.4 is 10.5 Å². The Morgan fingerprint density at radius 1 is 1.32 bits per heavy atom. The fraction of sp³-hybridized carbons (Fsp3) is 0.462. The summed E-state index contributed by atoms with van der Waals surface area (Å²) < 4.78 is 10.7. The SMILES string of the molecule is Cc1ccc(OCc2noc(C(C)C)n2)c(CN)n1. The minimum Gasteiger partial charge on any atom is -0.484 e. The minimum absolute atomic E-state index is 0.210. The summed E-state index contributed by atoms with van der Waals surface area (Å²) in [7, 11) is 0. The summed E-state index contributed by atoms with van der Waals surface area (Å²) in [6.45, 7) is 6.48. The van der Waals surface area contributed by atoms with E-state index in [-0.39, 0.29) is 12.5 Å². The Morgan fingerprint density at radius 2 is 2.11 bits per heavy atom. The van der Waals surface area contributed by atoms with E-state index < -0.39 is 0 Å². The van der Waals surface area contributed by atoms with Gasteiger partial charge in [0.1, 0.15) is 5.75 Å². The highest BCUT2D eigenvalue weighted by Gasteiger charge is 2.11. The molecule has 2 rings (SSSR count). The molecule has 0 aliphatic heterocycles. The summed E-state index contributed by atoms with van der Waals surface area (Å²) >= 11 is 0. The third kappa shape index (κ3) is 3.29. The number of pyridine rings is 1. The van der Waals surface area contributed by atoms with Gasteiger partial charge in [0.15, 0.2) is 6.61 Å². The van der Waals surface area contributed by atoms with Crippen molar-refractivity contribution in [2.24, 2.45) is 5.73 Å². The van der Waals surface area contributed by atoms with E-state index in [1.165, 1.54) is 0 Å². The standard InChI is InChI=1S/C13H18N4O2/c1-8(2)13-16-12(17-19-13)7-18-11-5-4-9(3)15-10(11)6-14/h4-5,8H,6-7,14H2,1-3H3. The van der Waals surface area contributed by atoms with Gasteiger partial charge in [-0.25, -0.2) is 0 Å². The average Bonchev–Trinajstić information content (AvgIpc) is 2.86. The maximum absolute atomic E-state index is 5.64. The van der Waals surface area contributed by atoms with Crippen molar-refractivity contribution in [1.82, 2.24) is 15.1 Å². The van der Waals surface area contributed by atoms with Crippen molar-refractivity contribution < 1.29 is 9.26 Å². The number of hydrogen-bond donors (Lipinski definition) is 1. The largest absolute Gasteiger partial charge is 0.484 e. The number of rotatable bonds is 5. The van der Waals surface area contributed by atoms with E-state index in [0.717, 1.165) is 11.4 Å². The Kier molecular flexibility index (Phi) is 4.11. The maximum atomic E-state index is 5.64. The molecule has 0 bridgehead atoms. The lowest BCUT2D eigenvalue weighted by Crippen LogP contribution is -2.06. The lowest BCUT2D eigenvalue weighted by Gasteiger charge is -2.08. The zero-order valence-corrected chi connectivity index (χ0v) is 11.4. The van der Waals surface area contributed by atoms with Gasteiger partial charge in [-0.3, -0.25) is 4.98 Å². The highest BCUT2D eigenvalue weighted by Crippen LogP contribution is 2.18. The lowest BCUT2D eigenvalue weighted by molar-refractivity contribution is 0.280. The van der Waals surface area contributed by atoms with Gasteiger partial charge in [0.25, 0.3) is 0 Å². The van der Waals surface area contributed by atoms with Crippen LogP contribution in [0.15, 0.2) is 16.7 Å². The zero-order valence-electron chi connectivity index (χ0n) is 11.4. The predicted molar refractivity (Wildman–Crippen MR) is 69.6 cm³/mol. The Balaban J connectivity index is 2.05. The third-order valence-electron chi connectivity index (χ3n) is 2.60. The van der Waals surface area contributed by atoms with E-state index >= 15 is 0 Å². The quantitative estimate of drug-likeness (QED) is 0.886. The highest BCUT2D eigenvalue weighted by atomic mass is 16.5. The molecule has 102 valence electrons. The molecule has 2 aromatic heterocycles. The number of nitrogens with zero attached hydrogens (tertiary/aromatic N) is 3. The van der Waals surface area contributed by atoms with E-state index in [9.17, 15) is 0 Å². The predicted octanol–water partition coefficient (Wildman–Crippen LogP) is 1.93. The molecule has 0 amide bonds. The fourth-order valence-electron chi connectivity index (χ4n) is 1.58. The number of ether oxygens (including phenoxy) is 1. The van der Waals surface area contributed by atoms with Crippen LogP contribution in [0.3, 0.4) is 0 Å². The minimum atomic E-state index is 0.210. The molecule has 6 heteroatoms. The van der Waals surface area contributed by atoms with Gasteiger partial charge in [-0.15, -0.1) is 0 Å². The molecule has 0 saturated carbocycles. The molecular weight excluding hydrogens is 244 g/mol. The van der Waals surface area contributed by atoms with Gasteiger partial charge in [-0.2, -0.15) is 4.98 Å². The normalized spacial score (nSPS) is 11.0. The van der Waals surface area contributed by atoms with Gasteiger partial charge in [-0.1, -0.05) is 19.0 Å². The van der Waals surface area contributed by atoms with Crippen LogP contribution in [-0.4, -0.2) is 15.1 Å². The van der Waals surface area contributed by atoms with Crippen molar-refractivity contribution in [3.05, 3.63) is 35.2 Å². The van der Waals surface area contributed by atoms with Gasteiger partial charge in [-0.05, 0) is 19.1 Å². The highest BCUT2D eigenvalue weighted by molar-refractivity contribution is 5.29. The van der Waals surface area contributed by atoms with Crippen LogP contribution in [0.25, 0.3) is 0 Å². The molecule has 2 heterocycles. The number of hydrogen-bond acceptors (Lipinski definition) is 6. The van der Waals surface area contributed by atoms with Crippen LogP contribution in [0.2, 0.25) is 0 Å². The van der Waals surface area contributed by atoms with Gasteiger partial charge < -0.3 is 15.0 Å². The van der Waals surface area contributed by atoms with E-state index in [4.69, 9.17) is 15.0 Å². The smallest absolute Gasteiger partial charge is 0.229 e. The lowest BCUT2D eigenvalue weighted by atomic mass is 10.2. The summed E-state index contributed by atoms with van der Waals surface area (Å²) in [6, 6.07) is 3.73. The molecule has 0 atom stereocenters. The first-order chi connectivity index (χ1) is 9.10. The molecule has 0 saturated heterocycles. The molecule has 0 fully saturated rings. The first kappa shape index (κ1) is 13.5. The molecule has 0 radical (unpaired) electrons. The van der Waals surface area contributed by atoms with Crippen LogP contribution in [0.4, 0.5) is 0 Å². The van der Waals surface area contributed by atoms with Crippen LogP contribution in [0.5, 0.6) is 5.75 Å². The van der Waals surface area contributed by atoms with Crippen molar-refractivity contribution in [2.45, 2.75) is 39.8 Å². The summed E-state index contributed by atoms with van der Waals surface area (Å²) in [5.41, 5.74) is 7.28. The van der Waals surface area contributed by atoms with Gasteiger partial charge in [0.2, 0.25) is 11.7 Å². The molecule has 2 N–H and O–H groups in total. The molecule has 0 aromatic carbocycles. The molecular formula is C13H18N4O2. The second-order valence-electron chi connectivity index (χ2n) is 4.59. The average molecular weight is 262 g/mol. The van der Waals surface area contributed by atoms with Crippen molar-refractivity contribution in [1.29, 1.82) is 0 Å². The van der Waals surface area contributed by atoms with E-state index in [2.05, 4.69) is 15.1 Å². The summed E-state index contributed by atoms with van der Waals surface area (Å²) in [6.07, 6.45) is 0. The van der Waals surface area contributed by atoms with Gasteiger partial charge in [0.05, 0.1) is 5.69 Å². The maximum Gasteiger partial charge on any atom is 0.229 e.